The zero-order chi connectivity index (χ0) is 15.4. The summed E-state index contributed by atoms with van der Waals surface area (Å²) in [5, 5.41) is 4.58. The van der Waals surface area contributed by atoms with Gasteiger partial charge in [-0.2, -0.15) is 0 Å². The first kappa shape index (κ1) is 15.0. The van der Waals surface area contributed by atoms with Gasteiger partial charge in [-0.3, -0.25) is 4.99 Å². The molecule has 1 N–H and O–H groups in total. The van der Waals surface area contributed by atoms with Crippen LogP contribution in [0, 0.1) is 6.92 Å². The molecule has 0 unspecified atom stereocenters. The largest absolute Gasteiger partial charge is 0.356 e. The number of para-hydroxylation sites is 1. The first-order valence-corrected chi connectivity index (χ1v) is 8.64. The van der Waals surface area contributed by atoms with Crippen molar-refractivity contribution in [2.24, 2.45) is 4.99 Å². The molecule has 1 aromatic carbocycles. The van der Waals surface area contributed by atoms with Crippen LogP contribution >= 0.6 is 11.3 Å². The van der Waals surface area contributed by atoms with Crippen molar-refractivity contribution in [1.82, 2.24) is 10.3 Å². The van der Waals surface area contributed by atoms with E-state index in [0.29, 0.717) is 0 Å². The maximum absolute atomic E-state index is 4.80. The summed E-state index contributed by atoms with van der Waals surface area (Å²) in [6, 6.07) is 8.59. The molecule has 1 aliphatic heterocycles. The fraction of sp³-hybridized carbons (Fsp3) is 0.412. The molecule has 4 nitrogen and oxygen atoms in total. The van der Waals surface area contributed by atoms with E-state index >= 15 is 0 Å². The second-order valence-electron chi connectivity index (χ2n) is 5.38. The summed E-state index contributed by atoms with van der Waals surface area (Å²) in [7, 11) is 0. The van der Waals surface area contributed by atoms with Crippen LogP contribution in [0.1, 0.15) is 22.4 Å². The van der Waals surface area contributed by atoms with E-state index in [-0.39, 0.29) is 0 Å². The summed E-state index contributed by atoms with van der Waals surface area (Å²) in [4.78, 5) is 12.8. The van der Waals surface area contributed by atoms with Crippen molar-refractivity contribution in [3.8, 4) is 0 Å². The van der Waals surface area contributed by atoms with E-state index in [0.717, 1.165) is 38.4 Å². The molecule has 0 atom stereocenters. The van der Waals surface area contributed by atoms with Crippen LogP contribution in [0.25, 0.3) is 0 Å². The number of benzene rings is 1. The molecule has 116 valence electrons. The van der Waals surface area contributed by atoms with Gasteiger partial charge in [0.2, 0.25) is 0 Å². The van der Waals surface area contributed by atoms with Gasteiger partial charge in [-0.25, -0.2) is 4.98 Å². The third kappa shape index (κ3) is 3.30. The Morgan fingerprint density at radius 2 is 2.27 bits per heavy atom. The molecule has 0 bridgehead atoms. The number of aryl methyl sites for hydroxylation is 1. The summed E-state index contributed by atoms with van der Waals surface area (Å²) in [5.41, 5.74) is 2.69. The average Bonchev–Trinajstić information content (AvgIpc) is 3.13. The summed E-state index contributed by atoms with van der Waals surface area (Å²) in [6.07, 6.45) is 3.93. The van der Waals surface area contributed by atoms with Gasteiger partial charge in [0.05, 0.1) is 5.01 Å². The Balaban J connectivity index is 1.71. The van der Waals surface area contributed by atoms with E-state index in [2.05, 4.69) is 53.3 Å². The highest BCUT2D eigenvalue weighted by atomic mass is 32.1. The lowest BCUT2D eigenvalue weighted by molar-refractivity contribution is 0.869. The van der Waals surface area contributed by atoms with Gasteiger partial charge >= 0.3 is 0 Å². The minimum absolute atomic E-state index is 0.772. The number of nitrogens with one attached hydrogen (secondary N) is 1. The Kier molecular flexibility index (Phi) is 4.73. The predicted molar refractivity (Wildman–Crippen MR) is 94.0 cm³/mol. The lowest BCUT2D eigenvalue weighted by atomic mass is 10.2. The minimum atomic E-state index is 0.772. The van der Waals surface area contributed by atoms with E-state index in [4.69, 9.17) is 4.99 Å². The second-order valence-corrected chi connectivity index (χ2v) is 6.70. The van der Waals surface area contributed by atoms with Crippen LogP contribution in [0.3, 0.4) is 0 Å². The van der Waals surface area contributed by atoms with Crippen LogP contribution in [0.4, 0.5) is 5.69 Å². The zero-order valence-electron chi connectivity index (χ0n) is 13.2. The van der Waals surface area contributed by atoms with Crippen molar-refractivity contribution < 1.29 is 0 Å². The first-order valence-electron chi connectivity index (χ1n) is 7.83. The van der Waals surface area contributed by atoms with Crippen LogP contribution in [0.5, 0.6) is 0 Å². The van der Waals surface area contributed by atoms with E-state index in [1.165, 1.54) is 21.1 Å². The van der Waals surface area contributed by atoms with Crippen LogP contribution in [-0.4, -0.2) is 30.6 Å². The molecule has 2 heterocycles. The van der Waals surface area contributed by atoms with Gasteiger partial charge in [0.1, 0.15) is 0 Å². The SMILES string of the molecule is CCNC(=NCCc1ncc(C)s1)N1CCc2ccccc21. The highest BCUT2D eigenvalue weighted by Gasteiger charge is 2.22. The molecule has 0 amide bonds. The smallest absolute Gasteiger partial charge is 0.198 e. The number of aromatic nitrogens is 1. The lowest BCUT2D eigenvalue weighted by Crippen LogP contribution is -2.40. The third-order valence-electron chi connectivity index (χ3n) is 3.73. The molecular weight excluding hydrogens is 292 g/mol. The molecule has 0 saturated heterocycles. The molecule has 3 rings (SSSR count). The number of guanidine groups is 1. The third-order valence-corrected chi connectivity index (χ3v) is 4.71. The van der Waals surface area contributed by atoms with Gasteiger partial charge in [-0.15, -0.1) is 11.3 Å². The Hall–Kier alpha value is -1.88. The number of fused-ring (bicyclic) bond motifs is 1. The molecule has 1 aromatic heterocycles. The molecule has 1 aliphatic rings. The molecule has 2 aromatic rings. The van der Waals surface area contributed by atoms with E-state index in [1.54, 1.807) is 11.3 Å². The van der Waals surface area contributed by atoms with Crippen molar-refractivity contribution in [2.45, 2.75) is 26.7 Å². The Morgan fingerprint density at radius 1 is 1.41 bits per heavy atom. The van der Waals surface area contributed by atoms with Crippen molar-refractivity contribution in [1.29, 1.82) is 0 Å². The number of rotatable bonds is 4. The quantitative estimate of drug-likeness (QED) is 0.696. The van der Waals surface area contributed by atoms with E-state index in [9.17, 15) is 0 Å². The van der Waals surface area contributed by atoms with Crippen LogP contribution < -0.4 is 10.2 Å². The zero-order valence-corrected chi connectivity index (χ0v) is 14.0. The fourth-order valence-corrected chi connectivity index (χ4v) is 3.50. The summed E-state index contributed by atoms with van der Waals surface area (Å²) in [6.45, 7) is 6.86. The van der Waals surface area contributed by atoms with Gasteiger partial charge in [-0.05, 0) is 31.9 Å². The molecule has 0 aliphatic carbocycles. The van der Waals surface area contributed by atoms with Crippen molar-refractivity contribution in [3.05, 3.63) is 45.9 Å². The summed E-state index contributed by atoms with van der Waals surface area (Å²) < 4.78 is 0. The maximum Gasteiger partial charge on any atom is 0.198 e. The van der Waals surface area contributed by atoms with Gasteiger partial charge in [0.15, 0.2) is 5.96 Å². The molecule has 0 fully saturated rings. The molecular formula is C17H22N4S. The van der Waals surface area contributed by atoms with E-state index in [1.807, 2.05) is 6.20 Å². The van der Waals surface area contributed by atoms with Crippen molar-refractivity contribution in [2.75, 3.05) is 24.5 Å². The predicted octanol–water partition coefficient (Wildman–Crippen LogP) is 3.02. The standard InChI is InChI=1S/C17H22N4S/c1-3-18-17(19-10-8-16-20-12-13(2)22-16)21-11-9-14-6-4-5-7-15(14)21/h4-7,12H,3,8-11H2,1-2H3,(H,18,19). The van der Waals surface area contributed by atoms with Crippen LogP contribution in [-0.2, 0) is 12.8 Å². The number of anilines is 1. The van der Waals surface area contributed by atoms with Crippen molar-refractivity contribution in [3.63, 3.8) is 0 Å². The molecule has 0 radical (unpaired) electrons. The fourth-order valence-electron chi connectivity index (χ4n) is 2.73. The van der Waals surface area contributed by atoms with Crippen LogP contribution in [0.2, 0.25) is 0 Å². The molecule has 5 heteroatoms. The van der Waals surface area contributed by atoms with Gasteiger partial charge < -0.3 is 10.2 Å². The van der Waals surface area contributed by atoms with E-state index < -0.39 is 0 Å². The number of hydrogen-bond acceptors (Lipinski definition) is 3. The number of thiazole rings is 1. The van der Waals surface area contributed by atoms with Gasteiger partial charge in [-0.1, -0.05) is 18.2 Å². The Labute approximate surface area is 135 Å². The summed E-state index contributed by atoms with van der Waals surface area (Å²) in [5.74, 6) is 0.987. The second kappa shape index (κ2) is 6.92. The van der Waals surface area contributed by atoms with Crippen LogP contribution in [0.15, 0.2) is 35.5 Å². The highest BCUT2D eigenvalue weighted by Crippen LogP contribution is 2.27. The maximum atomic E-state index is 4.80. The number of nitrogens with zero attached hydrogens (tertiary/aromatic N) is 3. The number of aliphatic imine (C=N–C) groups is 1. The molecule has 0 spiro atoms. The molecule has 22 heavy (non-hydrogen) atoms. The normalized spacial score (nSPS) is 14.3. The van der Waals surface area contributed by atoms with Gasteiger partial charge in [0.25, 0.3) is 0 Å². The Bertz CT molecular complexity index is 662. The lowest BCUT2D eigenvalue weighted by Gasteiger charge is -2.22. The van der Waals surface area contributed by atoms with Crippen molar-refractivity contribution >= 4 is 23.0 Å². The monoisotopic (exact) mass is 314 g/mol. The average molecular weight is 314 g/mol. The minimum Gasteiger partial charge on any atom is -0.356 e. The Morgan fingerprint density at radius 3 is 3.05 bits per heavy atom. The van der Waals surface area contributed by atoms with Gasteiger partial charge in [0, 0.05) is 42.8 Å². The molecule has 0 saturated carbocycles. The summed E-state index contributed by atoms with van der Waals surface area (Å²) >= 11 is 1.76. The topological polar surface area (TPSA) is 40.5 Å². The number of hydrogen-bond donors (Lipinski definition) is 1. The first-order chi connectivity index (χ1) is 10.8. The highest BCUT2D eigenvalue weighted by molar-refractivity contribution is 7.11.